The van der Waals surface area contributed by atoms with E-state index in [2.05, 4.69) is 4.72 Å². The van der Waals surface area contributed by atoms with Gasteiger partial charge in [-0.1, -0.05) is 23.2 Å². The number of aryl methyl sites for hydroxylation is 1. The first-order valence-electron chi connectivity index (χ1n) is 6.50. The molecule has 120 valence electrons. The predicted molar refractivity (Wildman–Crippen MR) is 83.4 cm³/mol. The summed E-state index contributed by atoms with van der Waals surface area (Å²) in [6, 6.07) is 2.85. The van der Waals surface area contributed by atoms with Crippen LogP contribution in [-0.2, 0) is 19.5 Å². The molecule has 0 spiro atoms. The van der Waals surface area contributed by atoms with E-state index in [1.807, 2.05) is 0 Å². The molecular formula is C13H19Cl2NO4S. The van der Waals surface area contributed by atoms with Crippen molar-refractivity contribution in [3.05, 3.63) is 27.7 Å². The van der Waals surface area contributed by atoms with Crippen LogP contribution in [-0.4, -0.2) is 34.5 Å². The second-order valence-electron chi connectivity index (χ2n) is 4.22. The van der Waals surface area contributed by atoms with Crippen LogP contribution in [0.15, 0.2) is 17.0 Å². The SMILES string of the molecule is CCOC(CNS(=O)(=O)c1cc(C)c(Cl)cc1Cl)OCC. The van der Waals surface area contributed by atoms with Gasteiger partial charge in [0.05, 0.1) is 11.6 Å². The lowest BCUT2D eigenvalue weighted by atomic mass is 10.2. The average molecular weight is 356 g/mol. The van der Waals surface area contributed by atoms with Crippen molar-refractivity contribution in [3.63, 3.8) is 0 Å². The minimum absolute atomic E-state index is 0.00200. The fraction of sp³-hybridized carbons (Fsp3) is 0.538. The summed E-state index contributed by atoms with van der Waals surface area (Å²) in [5.41, 5.74) is 0.632. The molecule has 21 heavy (non-hydrogen) atoms. The quantitative estimate of drug-likeness (QED) is 0.728. The standard InChI is InChI=1S/C13H19Cl2NO4S/c1-4-19-13(20-5-2)8-16-21(17,18)12-6-9(3)10(14)7-11(12)15/h6-7,13,16H,4-5,8H2,1-3H3. The topological polar surface area (TPSA) is 64.6 Å². The molecule has 1 aromatic carbocycles. The van der Waals surface area contributed by atoms with E-state index in [0.29, 0.717) is 23.8 Å². The van der Waals surface area contributed by atoms with Crippen LogP contribution in [0, 0.1) is 6.92 Å². The van der Waals surface area contributed by atoms with Crippen LogP contribution in [0.5, 0.6) is 0 Å². The average Bonchev–Trinajstić information content (AvgIpc) is 2.40. The van der Waals surface area contributed by atoms with E-state index in [1.165, 1.54) is 12.1 Å². The Morgan fingerprint density at radius 1 is 1.14 bits per heavy atom. The van der Waals surface area contributed by atoms with E-state index < -0.39 is 16.3 Å². The van der Waals surface area contributed by atoms with Gasteiger partial charge in [0.25, 0.3) is 0 Å². The van der Waals surface area contributed by atoms with E-state index in [1.54, 1.807) is 20.8 Å². The number of halogens is 2. The Balaban J connectivity index is 2.89. The van der Waals surface area contributed by atoms with Crippen LogP contribution in [0.25, 0.3) is 0 Å². The number of sulfonamides is 1. The maximum atomic E-state index is 12.3. The first-order valence-corrected chi connectivity index (χ1v) is 8.74. The Bertz CT molecular complexity index is 572. The Morgan fingerprint density at radius 3 is 2.24 bits per heavy atom. The van der Waals surface area contributed by atoms with Gasteiger partial charge in [-0.2, -0.15) is 0 Å². The van der Waals surface area contributed by atoms with Gasteiger partial charge < -0.3 is 9.47 Å². The van der Waals surface area contributed by atoms with Gasteiger partial charge in [-0.3, -0.25) is 0 Å². The molecular weight excluding hydrogens is 337 g/mol. The third-order valence-corrected chi connectivity index (χ3v) is 4.94. The number of nitrogens with one attached hydrogen (secondary N) is 1. The Morgan fingerprint density at radius 2 is 1.71 bits per heavy atom. The Labute approximate surface area is 135 Å². The molecule has 0 fully saturated rings. The van der Waals surface area contributed by atoms with Gasteiger partial charge in [-0.25, -0.2) is 13.1 Å². The molecule has 0 bridgehead atoms. The van der Waals surface area contributed by atoms with Crippen LogP contribution in [0.2, 0.25) is 10.0 Å². The number of hydrogen-bond donors (Lipinski definition) is 1. The first-order chi connectivity index (χ1) is 9.81. The molecule has 0 radical (unpaired) electrons. The number of benzene rings is 1. The third-order valence-electron chi connectivity index (χ3n) is 2.65. The monoisotopic (exact) mass is 355 g/mol. The summed E-state index contributed by atoms with van der Waals surface area (Å²) in [4.78, 5) is -0.0159. The molecule has 0 aromatic heterocycles. The molecule has 0 heterocycles. The Hall–Kier alpha value is -0.370. The second-order valence-corrected chi connectivity index (χ2v) is 6.77. The fourth-order valence-corrected chi connectivity index (χ4v) is 3.48. The molecule has 1 rings (SSSR count). The fourth-order valence-electron chi connectivity index (χ4n) is 1.63. The zero-order chi connectivity index (χ0) is 16.0. The normalized spacial score (nSPS) is 12.1. The number of hydrogen-bond acceptors (Lipinski definition) is 4. The molecule has 0 saturated carbocycles. The lowest BCUT2D eigenvalue weighted by Crippen LogP contribution is -2.35. The van der Waals surface area contributed by atoms with Crippen LogP contribution in [0.3, 0.4) is 0 Å². The minimum Gasteiger partial charge on any atom is -0.352 e. The van der Waals surface area contributed by atoms with Gasteiger partial charge in [0, 0.05) is 18.2 Å². The lowest BCUT2D eigenvalue weighted by molar-refractivity contribution is -0.130. The first kappa shape index (κ1) is 18.7. The van der Waals surface area contributed by atoms with E-state index >= 15 is 0 Å². The van der Waals surface area contributed by atoms with E-state index in [4.69, 9.17) is 32.7 Å². The summed E-state index contributed by atoms with van der Waals surface area (Å²) in [7, 11) is -3.76. The maximum absolute atomic E-state index is 12.3. The van der Waals surface area contributed by atoms with Crippen molar-refractivity contribution < 1.29 is 17.9 Å². The number of ether oxygens (including phenoxy) is 2. The van der Waals surface area contributed by atoms with E-state index in [9.17, 15) is 8.42 Å². The van der Waals surface area contributed by atoms with Crippen molar-refractivity contribution in [3.8, 4) is 0 Å². The molecule has 0 unspecified atom stereocenters. The van der Waals surface area contributed by atoms with Gasteiger partial charge in [0.2, 0.25) is 10.0 Å². The Kier molecular flexibility index (Phi) is 7.39. The highest BCUT2D eigenvalue weighted by atomic mass is 35.5. The zero-order valence-corrected chi connectivity index (χ0v) is 14.5. The van der Waals surface area contributed by atoms with Gasteiger partial charge in [0.15, 0.2) is 6.29 Å². The smallest absolute Gasteiger partial charge is 0.242 e. The summed E-state index contributed by atoms with van der Waals surface area (Å²) < 4.78 is 37.6. The largest absolute Gasteiger partial charge is 0.352 e. The maximum Gasteiger partial charge on any atom is 0.242 e. The summed E-state index contributed by atoms with van der Waals surface area (Å²) in [6.07, 6.45) is -0.637. The van der Waals surface area contributed by atoms with Crippen molar-refractivity contribution in [1.82, 2.24) is 4.72 Å². The van der Waals surface area contributed by atoms with Crippen LogP contribution < -0.4 is 4.72 Å². The number of rotatable bonds is 8. The molecule has 0 aliphatic heterocycles. The van der Waals surface area contributed by atoms with E-state index in [0.717, 1.165) is 0 Å². The van der Waals surface area contributed by atoms with Crippen molar-refractivity contribution in [2.45, 2.75) is 32.0 Å². The molecule has 1 N–H and O–H groups in total. The lowest BCUT2D eigenvalue weighted by Gasteiger charge is -2.18. The predicted octanol–water partition coefficient (Wildman–Crippen LogP) is 2.98. The summed E-state index contributed by atoms with van der Waals surface area (Å²) in [5, 5.41) is 0.489. The zero-order valence-electron chi connectivity index (χ0n) is 12.2. The third kappa shape index (κ3) is 5.39. The van der Waals surface area contributed by atoms with Crippen LogP contribution in [0.4, 0.5) is 0 Å². The summed E-state index contributed by atoms with van der Waals surface area (Å²) >= 11 is 11.9. The summed E-state index contributed by atoms with van der Waals surface area (Å²) in [6.45, 7) is 6.17. The molecule has 0 aliphatic rings. The molecule has 0 amide bonds. The van der Waals surface area contributed by atoms with Crippen LogP contribution in [0.1, 0.15) is 19.4 Å². The van der Waals surface area contributed by atoms with Gasteiger partial charge in [-0.05, 0) is 38.5 Å². The minimum atomic E-state index is -3.76. The highest BCUT2D eigenvalue weighted by Gasteiger charge is 2.21. The van der Waals surface area contributed by atoms with Crippen molar-refractivity contribution in [1.29, 1.82) is 0 Å². The molecule has 0 atom stereocenters. The van der Waals surface area contributed by atoms with Crippen molar-refractivity contribution in [2.24, 2.45) is 0 Å². The van der Waals surface area contributed by atoms with Crippen LogP contribution >= 0.6 is 23.2 Å². The highest BCUT2D eigenvalue weighted by molar-refractivity contribution is 7.89. The second kappa shape index (κ2) is 8.31. The van der Waals surface area contributed by atoms with Crippen molar-refractivity contribution >= 4 is 33.2 Å². The molecule has 0 aliphatic carbocycles. The van der Waals surface area contributed by atoms with E-state index in [-0.39, 0.29) is 16.5 Å². The van der Waals surface area contributed by atoms with Gasteiger partial charge in [-0.15, -0.1) is 0 Å². The molecule has 0 saturated heterocycles. The molecule has 8 heteroatoms. The molecule has 1 aromatic rings. The summed E-state index contributed by atoms with van der Waals surface area (Å²) in [5.74, 6) is 0. The highest BCUT2D eigenvalue weighted by Crippen LogP contribution is 2.28. The van der Waals surface area contributed by atoms with Crippen molar-refractivity contribution in [2.75, 3.05) is 19.8 Å². The van der Waals surface area contributed by atoms with Gasteiger partial charge in [0.1, 0.15) is 4.90 Å². The molecule has 5 nitrogen and oxygen atoms in total. The van der Waals surface area contributed by atoms with Gasteiger partial charge >= 0.3 is 0 Å².